The molecule has 0 aliphatic carbocycles. The molecule has 3 nitrogen and oxygen atoms in total. The van der Waals surface area contributed by atoms with Gasteiger partial charge in [-0.2, -0.15) is 0 Å². The highest BCUT2D eigenvalue weighted by atomic mass is 79.9. The Morgan fingerprint density at radius 2 is 1.90 bits per heavy atom. The van der Waals surface area contributed by atoms with Crippen molar-refractivity contribution in [2.45, 2.75) is 20.4 Å². The largest absolute Gasteiger partial charge is 0.503 e. The summed E-state index contributed by atoms with van der Waals surface area (Å²) in [7, 11) is 1.54. The summed E-state index contributed by atoms with van der Waals surface area (Å²) < 4.78 is 5.78. The number of benzene rings is 2. The van der Waals surface area contributed by atoms with E-state index in [1.807, 2.05) is 12.1 Å². The Labute approximate surface area is 127 Å². The quantitative estimate of drug-likeness (QED) is 0.870. The van der Waals surface area contributed by atoms with Crippen molar-refractivity contribution in [2.24, 2.45) is 0 Å². The van der Waals surface area contributed by atoms with Crippen molar-refractivity contribution in [2.75, 3.05) is 12.4 Å². The summed E-state index contributed by atoms with van der Waals surface area (Å²) in [6.45, 7) is 4.86. The molecule has 106 valence electrons. The van der Waals surface area contributed by atoms with Gasteiger partial charge in [-0.25, -0.2) is 0 Å². The predicted molar refractivity (Wildman–Crippen MR) is 85.6 cm³/mol. The lowest BCUT2D eigenvalue weighted by Crippen LogP contribution is -2.00. The SMILES string of the molecule is COc1cc(CNc2ccc(C)c(C)c2)cc(Br)c1O. The molecule has 0 atom stereocenters. The third-order valence-electron chi connectivity index (χ3n) is 3.31. The lowest BCUT2D eigenvalue weighted by Gasteiger charge is -2.11. The number of methoxy groups -OCH3 is 1. The molecule has 0 saturated carbocycles. The fraction of sp³-hybridized carbons (Fsp3) is 0.250. The number of anilines is 1. The predicted octanol–water partition coefficient (Wildman–Crippen LogP) is 4.39. The van der Waals surface area contributed by atoms with Gasteiger partial charge in [0.1, 0.15) is 0 Å². The molecule has 2 rings (SSSR count). The van der Waals surface area contributed by atoms with E-state index >= 15 is 0 Å². The van der Waals surface area contributed by atoms with E-state index in [9.17, 15) is 5.11 Å². The summed E-state index contributed by atoms with van der Waals surface area (Å²) in [5, 5.41) is 13.2. The molecular formula is C16H18BrNO2. The first-order valence-electron chi connectivity index (χ1n) is 6.37. The Kier molecular flexibility index (Phi) is 4.55. The molecule has 20 heavy (non-hydrogen) atoms. The van der Waals surface area contributed by atoms with E-state index in [0.29, 0.717) is 16.8 Å². The van der Waals surface area contributed by atoms with Crippen LogP contribution in [0.2, 0.25) is 0 Å². The second-order valence-electron chi connectivity index (χ2n) is 4.78. The van der Waals surface area contributed by atoms with Crippen LogP contribution in [0.5, 0.6) is 11.5 Å². The summed E-state index contributed by atoms with van der Waals surface area (Å²) in [5.41, 5.74) is 4.66. The Bertz CT molecular complexity index is 626. The van der Waals surface area contributed by atoms with E-state index in [1.54, 1.807) is 7.11 Å². The first-order chi connectivity index (χ1) is 9.51. The molecule has 0 radical (unpaired) electrons. The molecule has 0 aromatic heterocycles. The lowest BCUT2D eigenvalue weighted by atomic mass is 10.1. The van der Waals surface area contributed by atoms with E-state index in [0.717, 1.165) is 11.3 Å². The fourth-order valence-electron chi connectivity index (χ4n) is 1.94. The first-order valence-corrected chi connectivity index (χ1v) is 7.17. The van der Waals surface area contributed by atoms with Gasteiger partial charge in [0.15, 0.2) is 11.5 Å². The van der Waals surface area contributed by atoms with Crippen molar-refractivity contribution >= 4 is 21.6 Å². The van der Waals surface area contributed by atoms with Gasteiger partial charge in [-0.3, -0.25) is 0 Å². The van der Waals surface area contributed by atoms with Gasteiger partial charge in [0.25, 0.3) is 0 Å². The van der Waals surface area contributed by atoms with E-state index < -0.39 is 0 Å². The second kappa shape index (κ2) is 6.18. The number of nitrogens with one attached hydrogen (secondary N) is 1. The zero-order valence-corrected chi connectivity index (χ0v) is 13.4. The molecule has 2 aromatic rings. The van der Waals surface area contributed by atoms with Gasteiger partial charge < -0.3 is 15.2 Å². The molecule has 0 aliphatic rings. The Morgan fingerprint density at radius 1 is 1.15 bits per heavy atom. The summed E-state index contributed by atoms with van der Waals surface area (Å²) in [4.78, 5) is 0. The molecule has 4 heteroatoms. The third kappa shape index (κ3) is 3.25. The highest BCUT2D eigenvalue weighted by Crippen LogP contribution is 2.35. The first kappa shape index (κ1) is 14.7. The van der Waals surface area contributed by atoms with Gasteiger partial charge in [-0.05, 0) is 70.7 Å². The molecule has 0 saturated heterocycles. The topological polar surface area (TPSA) is 41.5 Å². The maximum absolute atomic E-state index is 9.78. The molecule has 2 aromatic carbocycles. The number of rotatable bonds is 4. The minimum atomic E-state index is 0.127. The summed E-state index contributed by atoms with van der Waals surface area (Å²) in [6, 6.07) is 10.0. The summed E-state index contributed by atoms with van der Waals surface area (Å²) in [6.07, 6.45) is 0. The molecule has 0 heterocycles. The number of hydrogen-bond donors (Lipinski definition) is 2. The van der Waals surface area contributed by atoms with Crippen molar-refractivity contribution in [3.8, 4) is 11.5 Å². The van der Waals surface area contributed by atoms with Gasteiger partial charge in [-0.1, -0.05) is 6.07 Å². The van der Waals surface area contributed by atoms with Crippen molar-refractivity contribution in [1.29, 1.82) is 0 Å². The number of hydrogen-bond acceptors (Lipinski definition) is 3. The number of aromatic hydroxyl groups is 1. The average molecular weight is 336 g/mol. The van der Waals surface area contributed by atoms with Crippen molar-refractivity contribution in [3.63, 3.8) is 0 Å². The minimum absolute atomic E-state index is 0.127. The molecule has 0 spiro atoms. The van der Waals surface area contributed by atoms with Crippen LogP contribution in [0.1, 0.15) is 16.7 Å². The molecule has 0 amide bonds. The number of phenols is 1. The van der Waals surface area contributed by atoms with Crippen LogP contribution < -0.4 is 10.1 Å². The smallest absolute Gasteiger partial charge is 0.172 e. The Hall–Kier alpha value is -1.68. The van der Waals surface area contributed by atoms with E-state index in [2.05, 4.69) is 53.3 Å². The lowest BCUT2D eigenvalue weighted by molar-refractivity contribution is 0.371. The molecule has 0 fully saturated rings. The van der Waals surface area contributed by atoms with Crippen molar-refractivity contribution < 1.29 is 9.84 Å². The van der Waals surface area contributed by atoms with Crippen LogP contribution in [0.4, 0.5) is 5.69 Å². The van der Waals surface area contributed by atoms with Gasteiger partial charge >= 0.3 is 0 Å². The van der Waals surface area contributed by atoms with Gasteiger partial charge in [-0.15, -0.1) is 0 Å². The summed E-state index contributed by atoms with van der Waals surface area (Å²) in [5.74, 6) is 0.596. The standard InChI is InChI=1S/C16H18BrNO2/c1-10-4-5-13(6-11(10)2)18-9-12-7-14(17)16(19)15(8-12)20-3/h4-8,18-19H,9H2,1-3H3. The highest BCUT2D eigenvalue weighted by Gasteiger charge is 2.08. The fourth-order valence-corrected chi connectivity index (χ4v) is 2.43. The Morgan fingerprint density at radius 3 is 2.55 bits per heavy atom. The number of ether oxygens (including phenoxy) is 1. The van der Waals surface area contributed by atoms with Crippen LogP contribution in [0.3, 0.4) is 0 Å². The van der Waals surface area contributed by atoms with E-state index in [4.69, 9.17) is 4.74 Å². The molecule has 0 bridgehead atoms. The zero-order chi connectivity index (χ0) is 14.7. The number of halogens is 1. The van der Waals surface area contributed by atoms with Gasteiger partial charge in [0.05, 0.1) is 11.6 Å². The van der Waals surface area contributed by atoms with Crippen LogP contribution in [0, 0.1) is 13.8 Å². The van der Waals surface area contributed by atoms with Crippen LogP contribution in [0.15, 0.2) is 34.8 Å². The van der Waals surface area contributed by atoms with Crippen LogP contribution in [-0.4, -0.2) is 12.2 Å². The van der Waals surface area contributed by atoms with Crippen molar-refractivity contribution in [1.82, 2.24) is 0 Å². The highest BCUT2D eigenvalue weighted by molar-refractivity contribution is 9.10. The third-order valence-corrected chi connectivity index (χ3v) is 3.92. The van der Waals surface area contributed by atoms with Crippen LogP contribution in [0.25, 0.3) is 0 Å². The summed E-state index contributed by atoms with van der Waals surface area (Å²) >= 11 is 3.33. The Balaban J connectivity index is 2.14. The van der Waals surface area contributed by atoms with Gasteiger partial charge in [0.2, 0.25) is 0 Å². The van der Waals surface area contributed by atoms with E-state index in [-0.39, 0.29) is 5.75 Å². The zero-order valence-electron chi connectivity index (χ0n) is 11.8. The van der Waals surface area contributed by atoms with E-state index in [1.165, 1.54) is 11.1 Å². The maximum atomic E-state index is 9.78. The molecule has 0 aliphatic heterocycles. The minimum Gasteiger partial charge on any atom is -0.503 e. The van der Waals surface area contributed by atoms with Crippen LogP contribution >= 0.6 is 15.9 Å². The molecule has 2 N–H and O–H groups in total. The second-order valence-corrected chi connectivity index (χ2v) is 5.64. The average Bonchev–Trinajstić information content (AvgIpc) is 2.43. The number of phenolic OH excluding ortho intramolecular Hbond substituents is 1. The van der Waals surface area contributed by atoms with Crippen LogP contribution in [-0.2, 0) is 6.54 Å². The molecular weight excluding hydrogens is 318 g/mol. The monoisotopic (exact) mass is 335 g/mol. The normalized spacial score (nSPS) is 10.4. The van der Waals surface area contributed by atoms with Gasteiger partial charge in [0, 0.05) is 12.2 Å². The number of aryl methyl sites for hydroxylation is 2. The van der Waals surface area contributed by atoms with Crippen molar-refractivity contribution in [3.05, 3.63) is 51.5 Å². The molecule has 0 unspecified atom stereocenters. The maximum Gasteiger partial charge on any atom is 0.172 e.